The summed E-state index contributed by atoms with van der Waals surface area (Å²) in [5, 5.41) is 0.901. The van der Waals surface area contributed by atoms with Crippen LogP contribution in [0.4, 0.5) is 0 Å². The Morgan fingerprint density at radius 2 is 1.50 bits per heavy atom. The first-order valence-corrected chi connectivity index (χ1v) is 6.16. The molecule has 0 spiro atoms. The van der Waals surface area contributed by atoms with E-state index in [-0.39, 0.29) is 8.46 Å². The van der Waals surface area contributed by atoms with E-state index in [1.807, 2.05) is 42.5 Å². The summed E-state index contributed by atoms with van der Waals surface area (Å²) in [6.45, 7) is 0. The van der Waals surface area contributed by atoms with Crippen LogP contribution in [-0.2, 0) is 17.4 Å². The van der Waals surface area contributed by atoms with E-state index in [0.29, 0.717) is 0 Å². The maximum absolute atomic E-state index is 10.9. The van der Waals surface area contributed by atoms with Gasteiger partial charge in [-0.05, 0) is 30.0 Å². The molecular formula is C14H13OP. The minimum atomic E-state index is 0.113. The van der Waals surface area contributed by atoms with E-state index in [4.69, 9.17) is 0 Å². The first kappa shape index (κ1) is 11.0. The zero-order valence-corrected chi connectivity index (χ0v) is 9.86. The molecule has 1 nitrogen and oxygen atoms in total. The van der Waals surface area contributed by atoms with Gasteiger partial charge in [0.1, 0.15) is 0 Å². The van der Waals surface area contributed by atoms with Crippen molar-refractivity contribution in [2.75, 3.05) is 0 Å². The van der Waals surface area contributed by atoms with E-state index in [0.717, 1.165) is 18.1 Å². The zero-order chi connectivity index (χ0) is 11.2. The second-order valence-corrected chi connectivity index (χ2v) is 4.37. The molecule has 0 aliphatic carbocycles. The Morgan fingerprint density at radius 3 is 2.25 bits per heavy atom. The van der Waals surface area contributed by atoms with Crippen LogP contribution in [-0.4, -0.2) is 0 Å². The second kappa shape index (κ2) is 5.58. The summed E-state index contributed by atoms with van der Waals surface area (Å²) < 4.78 is 10.9. The highest BCUT2D eigenvalue weighted by molar-refractivity contribution is 7.34. The molecule has 2 heteroatoms. The average Bonchev–Trinajstić information content (AvgIpc) is 2.38. The van der Waals surface area contributed by atoms with Crippen LogP contribution in [0.15, 0.2) is 54.6 Å². The van der Waals surface area contributed by atoms with Crippen LogP contribution >= 0.6 is 8.46 Å². The highest BCUT2D eigenvalue weighted by Crippen LogP contribution is 2.09. The molecule has 0 radical (unpaired) electrons. The monoisotopic (exact) mass is 228 g/mol. The van der Waals surface area contributed by atoms with Crippen LogP contribution in [0.25, 0.3) is 0 Å². The molecule has 0 saturated carbocycles. The Morgan fingerprint density at radius 1 is 0.812 bits per heavy atom. The highest BCUT2D eigenvalue weighted by atomic mass is 31.1. The summed E-state index contributed by atoms with van der Waals surface area (Å²) in [5.41, 5.74) is 2.49. The molecule has 0 atom stereocenters. The van der Waals surface area contributed by atoms with Crippen LogP contribution in [0.2, 0.25) is 0 Å². The molecule has 0 aromatic heterocycles. The lowest BCUT2D eigenvalue weighted by molar-refractivity contribution is 0.603. The van der Waals surface area contributed by atoms with E-state index >= 15 is 0 Å². The number of benzene rings is 2. The van der Waals surface area contributed by atoms with Gasteiger partial charge in [-0.25, -0.2) is 0 Å². The summed E-state index contributed by atoms with van der Waals surface area (Å²) in [5.74, 6) is 0. The number of aryl methyl sites for hydroxylation is 2. The molecule has 0 aliphatic heterocycles. The van der Waals surface area contributed by atoms with Gasteiger partial charge < -0.3 is 0 Å². The van der Waals surface area contributed by atoms with Crippen molar-refractivity contribution in [3.63, 3.8) is 0 Å². The Bertz CT molecular complexity index is 465. The molecular weight excluding hydrogens is 215 g/mol. The van der Waals surface area contributed by atoms with Crippen molar-refractivity contribution >= 4 is 13.8 Å². The van der Waals surface area contributed by atoms with Gasteiger partial charge in [-0.3, -0.25) is 4.57 Å². The largest absolute Gasteiger partial charge is 0.269 e. The maximum Gasteiger partial charge on any atom is 0.192 e. The van der Waals surface area contributed by atoms with E-state index in [1.165, 1.54) is 11.1 Å². The molecule has 0 unspecified atom stereocenters. The number of hydrogen-bond donors (Lipinski definition) is 0. The lowest BCUT2D eigenvalue weighted by Gasteiger charge is -2.03. The Balaban J connectivity index is 2.08. The highest BCUT2D eigenvalue weighted by Gasteiger charge is 2.01. The van der Waals surface area contributed by atoms with E-state index < -0.39 is 0 Å². The molecule has 2 aromatic carbocycles. The van der Waals surface area contributed by atoms with Crippen molar-refractivity contribution in [3.05, 3.63) is 65.7 Å². The lowest BCUT2D eigenvalue weighted by Crippen LogP contribution is -2.03. The predicted octanol–water partition coefficient (Wildman–Crippen LogP) is 3.39. The SMILES string of the molecule is O=Pc1ccccc1CCc1ccccc1. The summed E-state index contributed by atoms with van der Waals surface area (Å²) in [6.07, 6.45) is 1.93. The van der Waals surface area contributed by atoms with Crippen molar-refractivity contribution in [1.29, 1.82) is 0 Å². The molecule has 0 fully saturated rings. The van der Waals surface area contributed by atoms with Gasteiger partial charge in [0.15, 0.2) is 8.46 Å². The molecule has 80 valence electrons. The Kier molecular flexibility index (Phi) is 3.85. The molecule has 2 rings (SSSR count). The smallest absolute Gasteiger partial charge is 0.192 e. The third-order valence-electron chi connectivity index (χ3n) is 2.62. The topological polar surface area (TPSA) is 17.1 Å². The van der Waals surface area contributed by atoms with Crippen LogP contribution < -0.4 is 5.30 Å². The Labute approximate surface area is 97.3 Å². The van der Waals surface area contributed by atoms with Crippen molar-refractivity contribution < 1.29 is 4.57 Å². The molecule has 0 bridgehead atoms. The fourth-order valence-corrected chi connectivity index (χ4v) is 2.19. The van der Waals surface area contributed by atoms with Gasteiger partial charge in [0, 0.05) is 5.30 Å². The number of hydrogen-bond acceptors (Lipinski definition) is 1. The summed E-state index contributed by atoms with van der Waals surface area (Å²) >= 11 is 0. The van der Waals surface area contributed by atoms with Crippen LogP contribution in [0.5, 0.6) is 0 Å². The van der Waals surface area contributed by atoms with Gasteiger partial charge in [-0.1, -0.05) is 48.5 Å². The molecule has 0 aliphatic rings. The van der Waals surface area contributed by atoms with Gasteiger partial charge >= 0.3 is 0 Å². The van der Waals surface area contributed by atoms with E-state index in [1.54, 1.807) is 0 Å². The summed E-state index contributed by atoms with van der Waals surface area (Å²) in [4.78, 5) is 0. The van der Waals surface area contributed by atoms with Gasteiger partial charge in [-0.2, -0.15) is 0 Å². The molecule has 0 amide bonds. The molecule has 0 heterocycles. The summed E-state index contributed by atoms with van der Waals surface area (Å²) in [6, 6.07) is 18.2. The third kappa shape index (κ3) is 2.77. The van der Waals surface area contributed by atoms with Gasteiger partial charge in [0.05, 0.1) is 0 Å². The van der Waals surface area contributed by atoms with Crippen LogP contribution in [0.3, 0.4) is 0 Å². The quantitative estimate of drug-likeness (QED) is 0.733. The van der Waals surface area contributed by atoms with Gasteiger partial charge in [0.2, 0.25) is 0 Å². The molecule has 16 heavy (non-hydrogen) atoms. The predicted molar refractivity (Wildman–Crippen MR) is 67.5 cm³/mol. The van der Waals surface area contributed by atoms with Gasteiger partial charge in [-0.15, -0.1) is 0 Å². The minimum absolute atomic E-state index is 0.113. The van der Waals surface area contributed by atoms with Crippen molar-refractivity contribution in [2.45, 2.75) is 12.8 Å². The van der Waals surface area contributed by atoms with E-state index in [2.05, 4.69) is 12.1 Å². The molecule has 2 aromatic rings. The Hall–Kier alpha value is -1.46. The molecule has 0 N–H and O–H groups in total. The van der Waals surface area contributed by atoms with E-state index in [9.17, 15) is 4.57 Å². The second-order valence-electron chi connectivity index (χ2n) is 3.71. The fraction of sp³-hybridized carbons (Fsp3) is 0.143. The normalized spacial score (nSPS) is 10.5. The minimum Gasteiger partial charge on any atom is -0.269 e. The van der Waals surface area contributed by atoms with Crippen LogP contribution in [0, 0.1) is 0 Å². The first-order chi connectivity index (χ1) is 7.90. The zero-order valence-electron chi connectivity index (χ0n) is 8.97. The first-order valence-electron chi connectivity index (χ1n) is 5.35. The maximum atomic E-state index is 10.9. The summed E-state index contributed by atoms with van der Waals surface area (Å²) in [7, 11) is 0.113. The van der Waals surface area contributed by atoms with Gasteiger partial charge in [0.25, 0.3) is 0 Å². The fourth-order valence-electron chi connectivity index (χ4n) is 1.73. The van der Waals surface area contributed by atoms with Crippen LogP contribution in [0.1, 0.15) is 11.1 Å². The third-order valence-corrected chi connectivity index (χ3v) is 3.25. The lowest BCUT2D eigenvalue weighted by atomic mass is 10.0. The standard InChI is InChI=1S/C14H13OP/c15-16-14-9-5-4-8-13(14)11-10-12-6-2-1-3-7-12/h1-9H,10-11H2. The van der Waals surface area contributed by atoms with Crippen molar-refractivity contribution in [2.24, 2.45) is 0 Å². The average molecular weight is 228 g/mol. The van der Waals surface area contributed by atoms with Crippen molar-refractivity contribution in [1.82, 2.24) is 0 Å². The van der Waals surface area contributed by atoms with Crippen molar-refractivity contribution in [3.8, 4) is 0 Å². The molecule has 0 saturated heterocycles. The number of rotatable bonds is 4.